The normalized spacial score (nSPS) is 9.08. The van der Waals surface area contributed by atoms with Crippen molar-refractivity contribution in [3.63, 3.8) is 0 Å². The second-order valence-corrected chi connectivity index (χ2v) is 3.09. The number of rotatable bonds is 3. The summed E-state index contributed by atoms with van der Waals surface area (Å²) < 4.78 is 6.15. The minimum absolute atomic E-state index is 0.550. The highest BCUT2D eigenvalue weighted by molar-refractivity contribution is 9.10. The quantitative estimate of drug-likeness (QED) is 0.451. The van der Waals surface area contributed by atoms with E-state index in [2.05, 4.69) is 26.0 Å². The Morgan fingerprint density at radius 1 is 1.62 bits per heavy atom. The molecule has 0 bridgehead atoms. The van der Waals surface area contributed by atoms with Gasteiger partial charge >= 0.3 is 0 Å². The largest absolute Gasteiger partial charge is 0.493 e. The zero-order valence-electron chi connectivity index (χ0n) is 7.07. The van der Waals surface area contributed by atoms with E-state index in [1.165, 1.54) is 0 Å². The highest BCUT2D eigenvalue weighted by Crippen LogP contribution is 2.29. The van der Waals surface area contributed by atoms with Gasteiger partial charge in [0.25, 0.3) is 0 Å². The third-order valence-corrected chi connectivity index (χ3v) is 2.03. The zero-order chi connectivity index (χ0) is 9.68. The number of benzene rings is 1. The summed E-state index contributed by atoms with van der Waals surface area (Å²) in [6.07, 6.45) is 0. The van der Waals surface area contributed by atoms with Crippen LogP contribution in [0.2, 0.25) is 0 Å². The Hall–Kier alpha value is -1.19. The van der Waals surface area contributed by atoms with Gasteiger partial charge < -0.3 is 4.74 Å². The van der Waals surface area contributed by atoms with E-state index in [1.54, 1.807) is 18.2 Å². The fraction of sp³-hybridized carbons (Fsp3) is 0.250. The van der Waals surface area contributed by atoms with Crippen LogP contribution in [0.25, 0.3) is 10.4 Å². The summed E-state index contributed by atoms with van der Waals surface area (Å²) >= 11 is 3.32. The van der Waals surface area contributed by atoms with Crippen LogP contribution in [-0.2, 0) is 0 Å². The molecule has 0 heterocycles. The molecule has 13 heavy (non-hydrogen) atoms. The van der Waals surface area contributed by atoms with Crippen LogP contribution in [0.4, 0.5) is 5.69 Å². The summed E-state index contributed by atoms with van der Waals surface area (Å²) in [5, 5.41) is 3.47. The second-order valence-electron chi connectivity index (χ2n) is 2.24. The van der Waals surface area contributed by atoms with Gasteiger partial charge in [-0.25, -0.2) is 0 Å². The SMILES string of the molecule is CCOc1cc(N=[N+]=[N-])ccc1Br. The zero-order valence-corrected chi connectivity index (χ0v) is 8.65. The minimum Gasteiger partial charge on any atom is -0.493 e. The fourth-order valence-electron chi connectivity index (χ4n) is 0.872. The Kier molecular flexibility index (Phi) is 3.61. The number of ether oxygens (including phenoxy) is 1. The lowest BCUT2D eigenvalue weighted by Crippen LogP contribution is -1.91. The molecule has 4 nitrogen and oxygen atoms in total. The summed E-state index contributed by atoms with van der Waals surface area (Å²) in [6, 6.07) is 5.19. The van der Waals surface area contributed by atoms with E-state index in [0.717, 1.165) is 4.47 Å². The van der Waals surface area contributed by atoms with Gasteiger partial charge in [0.15, 0.2) is 0 Å². The lowest BCUT2D eigenvalue weighted by molar-refractivity contribution is 0.338. The van der Waals surface area contributed by atoms with Crippen LogP contribution in [0.1, 0.15) is 6.92 Å². The molecule has 0 unspecified atom stereocenters. The van der Waals surface area contributed by atoms with Crippen LogP contribution in [0, 0.1) is 0 Å². The van der Waals surface area contributed by atoms with Crippen molar-refractivity contribution in [3.05, 3.63) is 33.1 Å². The van der Waals surface area contributed by atoms with Crippen LogP contribution >= 0.6 is 15.9 Å². The number of azide groups is 1. The number of nitrogens with zero attached hydrogens (tertiary/aromatic N) is 3. The van der Waals surface area contributed by atoms with E-state index in [4.69, 9.17) is 10.3 Å². The van der Waals surface area contributed by atoms with Gasteiger partial charge in [0.2, 0.25) is 0 Å². The van der Waals surface area contributed by atoms with Gasteiger partial charge in [-0.2, -0.15) is 0 Å². The van der Waals surface area contributed by atoms with Gasteiger partial charge in [0, 0.05) is 10.6 Å². The van der Waals surface area contributed by atoms with Crippen molar-refractivity contribution in [1.82, 2.24) is 0 Å². The molecular weight excluding hydrogens is 234 g/mol. The Morgan fingerprint density at radius 2 is 2.38 bits per heavy atom. The highest BCUT2D eigenvalue weighted by Gasteiger charge is 2.00. The van der Waals surface area contributed by atoms with E-state index >= 15 is 0 Å². The minimum atomic E-state index is 0.550. The van der Waals surface area contributed by atoms with Gasteiger partial charge in [-0.15, -0.1) is 0 Å². The second kappa shape index (κ2) is 4.74. The lowest BCUT2D eigenvalue weighted by atomic mass is 10.3. The van der Waals surface area contributed by atoms with Gasteiger partial charge in [-0.3, -0.25) is 0 Å². The van der Waals surface area contributed by atoms with E-state index in [-0.39, 0.29) is 0 Å². The Bertz CT molecular complexity index is 347. The monoisotopic (exact) mass is 241 g/mol. The fourth-order valence-corrected chi connectivity index (χ4v) is 1.23. The molecule has 0 aliphatic carbocycles. The van der Waals surface area contributed by atoms with E-state index in [1.807, 2.05) is 6.92 Å². The average molecular weight is 242 g/mol. The van der Waals surface area contributed by atoms with Crippen LogP contribution < -0.4 is 4.74 Å². The predicted molar refractivity (Wildman–Crippen MR) is 54.1 cm³/mol. The highest BCUT2D eigenvalue weighted by atomic mass is 79.9. The molecule has 0 saturated heterocycles. The third-order valence-electron chi connectivity index (χ3n) is 1.37. The van der Waals surface area contributed by atoms with Gasteiger partial charge in [-0.05, 0) is 40.5 Å². The van der Waals surface area contributed by atoms with Crippen molar-refractivity contribution in [3.8, 4) is 5.75 Å². The molecular formula is C8H8BrN3O. The van der Waals surface area contributed by atoms with Crippen LogP contribution in [0.5, 0.6) is 5.75 Å². The standard InChI is InChI=1S/C8H8BrN3O/c1-2-13-8-5-6(11-12-10)3-4-7(8)9/h3-5H,2H2,1H3. The summed E-state index contributed by atoms with van der Waals surface area (Å²) in [4.78, 5) is 2.69. The van der Waals surface area contributed by atoms with Gasteiger partial charge in [0.05, 0.1) is 11.1 Å². The van der Waals surface area contributed by atoms with Crippen molar-refractivity contribution in [2.75, 3.05) is 6.61 Å². The molecule has 1 rings (SSSR count). The average Bonchev–Trinajstić information content (AvgIpc) is 2.12. The maximum absolute atomic E-state index is 8.22. The van der Waals surface area contributed by atoms with Crippen molar-refractivity contribution >= 4 is 21.6 Å². The summed E-state index contributed by atoms with van der Waals surface area (Å²) in [6.45, 7) is 2.48. The molecule has 0 fully saturated rings. The first-order valence-corrected chi connectivity index (χ1v) is 4.54. The summed E-state index contributed by atoms with van der Waals surface area (Å²) in [7, 11) is 0. The molecule has 1 aromatic rings. The summed E-state index contributed by atoms with van der Waals surface area (Å²) in [5.74, 6) is 0.687. The molecule has 0 amide bonds. The molecule has 0 radical (unpaired) electrons. The molecule has 0 atom stereocenters. The van der Waals surface area contributed by atoms with Gasteiger partial charge in [0.1, 0.15) is 5.75 Å². The van der Waals surface area contributed by atoms with Crippen molar-refractivity contribution in [1.29, 1.82) is 0 Å². The molecule has 0 spiro atoms. The number of hydrogen-bond donors (Lipinski definition) is 0. The maximum Gasteiger partial charge on any atom is 0.133 e. The molecule has 5 heteroatoms. The van der Waals surface area contributed by atoms with Crippen molar-refractivity contribution in [2.45, 2.75) is 6.92 Å². The van der Waals surface area contributed by atoms with Gasteiger partial charge in [-0.1, -0.05) is 11.2 Å². The Balaban J connectivity index is 3.03. The lowest BCUT2D eigenvalue weighted by Gasteiger charge is -2.05. The topological polar surface area (TPSA) is 58.0 Å². The van der Waals surface area contributed by atoms with Crippen LogP contribution in [-0.4, -0.2) is 6.61 Å². The van der Waals surface area contributed by atoms with Crippen molar-refractivity contribution < 1.29 is 4.74 Å². The number of halogens is 1. The first-order chi connectivity index (χ1) is 6.27. The van der Waals surface area contributed by atoms with E-state index < -0.39 is 0 Å². The van der Waals surface area contributed by atoms with Crippen LogP contribution in [0.3, 0.4) is 0 Å². The smallest absolute Gasteiger partial charge is 0.133 e. The molecule has 0 N–H and O–H groups in total. The Morgan fingerprint density at radius 3 is 3.00 bits per heavy atom. The molecule has 0 aliphatic rings. The van der Waals surface area contributed by atoms with E-state index in [0.29, 0.717) is 18.0 Å². The molecule has 68 valence electrons. The molecule has 0 saturated carbocycles. The molecule has 0 aromatic heterocycles. The summed E-state index contributed by atoms with van der Waals surface area (Å²) in [5.41, 5.74) is 8.77. The molecule has 0 aliphatic heterocycles. The number of hydrogen-bond acceptors (Lipinski definition) is 2. The first-order valence-electron chi connectivity index (χ1n) is 3.75. The molecule has 1 aromatic carbocycles. The first kappa shape index (κ1) is 9.89. The van der Waals surface area contributed by atoms with E-state index in [9.17, 15) is 0 Å². The van der Waals surface area contributed by atoms with Crippen molar-refractivity contribution in [2.24, 2.45) is 5.11 Å². The predicted octanol–water partition coefficient (Wildman–Crippen LogP) is 3.79. The van der Waals surface area contributed by atoms with Crippen LogP contribution in [0.15, 0.2) is 27.8 Å². The third kappa shape index (κ3) is 2.65. The Labute approximate surface area is 84.3 Å². The maximum atomic E-state index is 8.22.